The van der Waals surface area contributed by atoms with E-state index in [1.165, 1.54) is 24.3 Å². The van der Waals surface area contributed by atoms with Crippen molar-refractivity contribution in [1.82, 2.24) is 5.32 Å². The lowest BCUT2D eigenvalue weighted by atomic mass is 10.1. The fraction of sp³-hybridized carbons (Fsp3) is 0.263. The van der Waals surface area contributed by atoms with Crippen LogP contribution in [-0.2, 0) is 4.79 Å². The monoisotopic (exact) mass is 326 g/mol. The second-order valence-electron chi connectivity index (χ2n) is 6.09. The van der Waals surface area contributed by atoms with E-state index in [0.717, 1.165) is 24.1 Å². The van der Waals surface area contributed by atoms with E-state index in [4.69, 9.17) is 0 Å². The van der Waals surface area contributed by atoms with Gasteiger partial charge in [-0.2, -0.15) is 0 Å². The average molecular weight is 326 g/mol. The van der Waals surface area contributed by atoms with E-state index in [0.29, 0.717) is 5.56 Å². The summed E-state index contributed by atoms with van der Waals surface area (Å²) in [6, 6.07) is 12.6. The summed E-state index contributed by atoms with van der Waals surface area (Å²) in [6.07, 6.45) is 1.94. The maximum Gasteiger partial charge on any atom is 0.251 e. The van der Waals surface area contributed by atoms with Gasteiger partial charge >= 0.3 is 0 Å². The van der Waals surface area contributed by atoms with Crippen LogP contribution < -0.4 is 10.6 Å². The van der Waals surface area contributed by atoms with Crippen molar-refractivity contribution in [3.05, 3.63) is 65.5 Å². The van der Waals surface area contributed by atoms with Crippen LogP contribution in [0, 0.1) is 11.7 Å². The molecule has 1 aliphatic rings. The molecular formula is C19H19FN2O2. The fourth-order valence-corrected chi connectivity index (χ4v) is 2.41. The molecule has 2 N–H and O–H groups in total. The largest absolute Gasteiger partial charge is 0.346 e. The molecule has 1 aliphatic carbocycles. The predicted molar refractivity (Wildman–Crippen MR) is 90.1 cm³/mol. The van der Waals surface area contributed by atoms with Crippen LogP contribution in [0.15, 0.2) is 48.5 Å². The lowest BCUT2D eigenvalue weighted by Crippen LogP contribution is -2.26. The predicted octanol–water partition coefficient (Wildman–Crippen LogP) is 3.67. The first-order chi connectivity index (χ1) is 11.5. The first kappa shape index (κ1) is 16.2. The minimum absolute atomic E-state index is 0.0698. The minimum Gasteiger partial charge on any atom is -0.346 e. The van der Waals surface area contributed by atoms with Gasteiger partial charge in [-0.1, -0.05) is 12.1 Å². The van der Waals surface area contributed by atoms with Gasteiger partial charge in [-0.25, -0.2) is 4.39 Å². The van der Waals surface area contributed by atoms with Gasteiger partial charge in [-0.05, 0) is 61.7 Å². The van der Waals surface area contributed by atoms with Gasteiger partial charge in [0.2, 0.25) is 5.91 Å². The van der Waals surface area contributed by atoms with Gasteiger partial charge in [0.25, 0.3) is 5.91 Å². The molecule has 0 radical (unpaired) electrons. The molecule has 1 saturated carbocycles. The van der Waals surface area contributed by atoms with Crippen LogP contribution in [0.25, 0.3) is 0 Å². The van der Waals surface area contributed by atoms with E-state index in [1.54, 1.807) is 0 Å². The van der Waals surface area contributed by atoms with Crippen LogP contribution in [0.1, 0.15) is 41.7 Å². The zero-order chi connectivity index (χ0) is 17.1. The molecule has 4 nitrogen and oxygen atoms in total. The lowest BCUT2D eigenvalue weighted by molar-refractivity contribution is -0.117. The molecule has 1 unspecified atom stereocenters. The third kappa shape index (κ3) is 3.98. The fourth-order valence-electron chi connectivity index (χ4n) is 2.41. The summed E-state index contributed by atoms with van der Waals surface area (Å²) in [5, 5.41) is 5.75. The Hall–Kier alpha value is -2.69. The molecule has 0 heterocycles. The Morgan fingerprint density at radius 1 is 1.04 bits per heavy atom. The summed E-state index contributed by atoms with van der Waals surface area (Å²) in [5.41, 5.74) is 2.10. The second kappa shape index (κ2) is 6.83. The smallest absolute Gasteiger partial charge is 0.251 e. The summed E-state index contributed by atoms with van der Waals surface area (Å²) >= 11 is 0. The van der Waals surface area contributed by atoms with Crippen LogP contribution in [0.4, 0.5) is 10.1 Å². The molecule has 1 atom stereocenters. The Balaban J connectivity index is 1.59. The minimum atomic E-state index is -0.372. The summed E-state index contributed by atoms with van der Waals surface area (Å²) in [6.45, 7) is 1.87. The highest BCUT2D eigenvalue weighted by Gasteiger charge is 2.29. The number of rotatable bonds is 5. The SMILES string of the molecule is CC(NC(=O)c1ccc(F)cc1)c1ccc(NC(=O)C2CC2)cc1. The standard InChI is InChI=1S/C19H19FN2O2/c1-12(21-18(23)15-4-8-16(20)9-5-15)13-6-10-17(11-7-13)22-19(24)14-2-3-14/h4-12,14H,2-3H2,1H3,(H,21,23)(H,22,24). The molecule has 2 amide bonds. The van der Waals surface area contributed by atoms with Gasteiger partial charge < -0.3 is 10.6 Å². The van der Waals surface area contributed by atoms with Crippen LogP contribution in [0.3, 0.4) is 0 Å². The number of carbonyl (C=O) groups excluding carboxylic acids is 2. The van der Waals surface area contributed by atoms with Crippen molar-refractivity contribution < 1.29 is 14.0 Å². The Morgan fingerprint density at radius 3 is 2.25 bits per heavy atom. The summed E-state index contributed by atoms with van der Waals surface area (Å²) in [5.74, 6) is -0.393. The third-order valence-corrected chi connectivity index (χ3v) is 4.08. The highest BCUT2D eigenvalue weighted by Crippen LogP contribution is 2.30. The number of benzene rings is 2. The van der Waals surface area contributed by atoms with Crippen molar-refractivity contribution in [2.45, 2.75) is 25.8 Å². The van der Waals surface area contributed by atoms with E-state index in [1.807, 2.05) is 31.2 Å². The van der Waals surface area contributed by atoms with Crippen molar-refractivity contribution >= 4 is 17.5 Å². The van der Waals surface area contributed by atoms with Crippen molar-refractivity contribution in [3.63, 3.8) is 0 Å². The third-order valence-electron chi connectivity index (χ3n) is 4.08. The van der Waals surface area contributed by atoms with Crippen LogP contribution in [0.5, 0.6) is 0 Å². The summed E-state index contributed by atoms with van der Waals surface area (Å²) in [4.78, 5) is 23.9. The van der Waals surface area contributed by atoms with E-state index < -0.39 is 0 Å². The van der Waals surface area contributed by atoms with E-state index >= 15 is 0 Å². The van der Waals surface area contributed by atoms with E-state index in [2.05, 4.69) is 10.6 Å². The Labute approximate surface area is 140 Å². The Morgan fingerprint density at radius 2 is 1.67 bits per heavy atom. The Bertz CT molecular complexity index is 737. The van der Waals surface area contributed by atoms with Crippen molar-refractivity contribution in [1.29, 1.82) is 0 Å². The highest BCUT2D eigenvalue weighted by molar-refractivity contribution is 5.95. The van der Waals surface area contributed by atoms with Gasteiger partial charge in [0, 0.05) is 17.2 Å². The number of nitrogens with one attached hydrogen (secondary N) is 2. The van der Waals surface area contributed by atoms with Gasteiger partial charge in [0.05, 0.1) is 6.04 Å². The molecule has 0 aromatic heterocycles. The first-order valence-electron chi connectivity index (χ1n) is 8.00. The number of amides is 2. The van der Waals surface area contributed by atoms with E-state index in [9.17, 15) is 14.0 Å². The molecule has 1 fully saturated rings. The number of halogens is 1. The van der Waals surface area contributed by atoms with Crippen LogP contribution >= 0.6 is 0 Å². The van der Waals surface area contributed by atoms with Crippen LogP contribution in [-0.4, -0.2) is 11.8 Å². The van der Waals surface area contributed by atoms with Gasteiger partial charge in [-0.3, -0.25) is 9.59 Å². The lowest BCUT2D eigenvalue weighted by Gasteiger charge is -2.15. The molecule has 2 aromatic rings. The van der Waals surface area contributed by atoms with E-state index in [-0.39, 0.29) is 29.6 Å². The molecule has 2 aromatic carbocycles. The van der Waals surface area contributed by atoms with Crippen LogP contribution in [0.2, 0.25) is 0 Å². The number of carbonyl (C=O) groups is 2. The number of hydrogen-bond acceptors (Lipinski definition) is 2. The number of hydrogen-bond donors (Lipinski definition) is 2. The topological polar surface area (TPSA) is 58.2 Å². The molecule has 5 heteroatoms. The molecule has 0 spiro atoms. The zero-order valence-electron chi connectivity index (χ0n) is 13.4. The molecule has 24 heavy (non-hydrogen) atoms. The Kier molecular flexibility index (Phi) is 4.60. The molecular weight excluding hydrogens is 307 g/mol. The van der Waals surface area contributed by atoms with Gasteiger partial charge in [0.15, 0.2) is 0 Å². The average Bonchev–Trinajstić information content (AvgIpc) is 3.41. The first-order valence-corrected chi connectivity index (χ1v) is 8.00. The summed E-state index contributed by atoms with van der Waals surface area (Å²) in [7, 11) is 0. The molecule has 124 valence electrons. The maximum atomic E-state index is 12.9. The molecule has 0 saturated heterocycles. The zero-order valence-corrected chi connectivity index (χ0v) is 13.4. The molecule has 0 aliphatic heterocycles. The van der Waals surface area contributed by atoms with Crippen molar-refractivity contribution in [3.8, 4) is 0 Å². The van der Waals surface area contributed by atoms with Gasteiger partial charge in [0.1, 0.15) is 5.82 Å². The molecule has 0 bridgehead atoms. The molecule has 3 rings (SSSR count). The summed E-state index contributed by atoms with van der Waals surface area (Å²) < 4.78 is 12.9. The second-order valence-corrected chi connectivity index (χ2v) is 6.09. The van der Waals surface area contributed by atoms with Gasteiger partial charge in [-0.15, -0.1) is 0 Å². The highest BCUT2D eigenvalue weighted by atomic mass is 19.1. The normalized spacial score (nSPS) is 14.8. The number of anilines is 1. The van der Waals surface area contributed by atoms with Crippen molar-refractivity contribution in [2.75, 3.05) is 5.32 Å². The maximum absolute atomic E-state index is 12.9. The quantitative estimate of drug-likeness (QED) is 0.881. The van der Waals surface area contributed by atoms with Crippen molar-refractivity contribution in [2.24, 2.45) is 5.92 Å².